The van der Waals surface area contributed by atoms with Crippen molar-refractivity contribution in [2.24, 2.45) is 13.0 Å². The molecule has 1 fully saturated rings. The number of aromatic nitrogens is 2. The number of anilines is 3. The fraction of sp³-hybridized carbons (Fsp3) is 0.406. The maximum absolute atomic E-state index is 5.02. The Bertz CT molecular complexity index is 1360. The van der Waals surface area contributed by atoms with Crippen molar-refractivity contribution in [1.82, 2.24) is 9.55 Å². The SMILES string of the molecule is Cc1cc(C)c(Nc2nc3cccc(N(Cc4ccc(C(C)(C)C)cc4)CC4CC4)c3n2C)c(C)c1. The van der Waals surface area contributed by atoms with Gasteiger partial charge in [0.2, 0.25) is 5.95 Å². The first-order valence-electron chi connectivity index (χ1n) is 13.2. The van der Waals surface area contributed by atoms with Crippen LogP contribution in [0.5, 0.6) is 0 Å². The Kier molecular flexibility index (Phi) is 6.32. The molecule has 0 aliphatic heterocycles. The monoisotopic (exact) mass is 480 g/mol. The molecular formula is C32H40N4. The normalized spacial score (nSPS) is 13.9. The summed E-state index contributed by atoms with van der Waals surface area (Å²) in [5.41, 5.74) is 11.3. The first-order chi connectivity index (χ1) is 17.1. The molecule has 36 heavy (non-hydrogen) atoms. The van der Waals surface area contributed by atoms with Crippen LogP contribution in [-0.4, -0.2) is 16.1 Å². The van der Waals surface area contributed by atoms with Crippen LogP contribution < -0.4 is 10.2 Å². The lowest BCUT2D eigenvalue weighted by atomic mass is 9.87. The number of benzene rings is 3. The summed E-state index contributed by atoms with van der Waals surface area (Å²) < 4.78 is 2.23. The molecule has 0 radical (unpaired) electrons. The van der Waals surface area contributed by atoms with Crippen LogP contribution in [0.1, 0.15) is 61.4 Å². The van der Waals surface area contributed by atoms with E-state index in [-0.39, 0.29) is 5.41 Å². The molecule has 0 amide bonds. The summed E-state index contributed by atoms with van der Waals surface area (Å²) in [6, 6.07) is 20.2. The second-order valence-corrected chi connectivity index (χ2v) is 11.8. The Hall–Kier alpha value is -3.27. The minimum Gasteiger partial charge on any atom is -0.365 e. The molecule has 1 saturated carbocycles. The number of imidazole rings is 1. The zero-order valence-electron chi connectivity index (χ0n) is 22.9. The number of hydrogen-bond acceptors (Lipinski definition) is 3. The molecule has 4 aromatic rings. The molecule has 4 heteroatoms. The van der Waals surface area contributed by atoms with Gasteiger partial charge in [0.25, 0.3) is 0 Å². The summed E-state index contributed by atoms with van der Waals surface area (Å²) in [5, 5.41) is 3.65. The molecule has 0 atom stereocenters. The summed E-state index contributed by atoms with van der Waals surface area (Å²) in [6.07, 6.45) is 2.67. The van der Waals surface area contributed by atoms with Crippen molar-refractivity contribution in [3.8, 4) is 0 Å². The summed E-state index contributed by atoms with van der Waals surface area (Å²) in [4.78, 5) is 7.59. The Morgan fingerprint density at radius 1 is 0.972 bits per heavy atom. The average molecular weight is 481 g/mol. The van der Waals surface area contributed by atoms with Crippen molar-refractivity contribution >= 4 is 28.4 Å². The highest BCUT2D eigenvalue weighted by Gasteiger charge is 2.26. The molecule has 0 unspecified atom stereocenters. The van der Waals surface area contributed by atoms with Gasteiger partial charge in [-0.3, -0.25) is 0 Å². The minimum atomic E-state index is 0.171. The van der Waals surface area contributed by atoms with Crippen LogP contribution in [0.25, 0.3) is 11.0 Å². The van der Waals surface area contributed by atoms with Crippen LogP contribution >= 0.6 is 0 Å². The van der Waals surface area contributed by atoms with Gasteiger partial charge in [0.15, 0.2) is 0 Å². The number of nitrogens with one attached hydrogen (secondary N) is 1. The van der Waals surface area contributed by atoms with E-state index in [0.717, 1.165) is 36.2 Å². The fourth-order valence-corrected chi connectivity index (χ4v) is 5.30. The topological polar surface area (TPSA) is 33.1 Å². The molecule has 1 aromatic heterocycles. The summed E-state index contributed by atoms with van der Waals surface area (Å²) in [6.45, 7) is 15.3. The van der Waals surface area contributed by atoms with Crippen molar-refractivity contribution in [2.45, 2.75) is 66.3 Å². The van der Waals surface area contributed by atoms with Gasteiger partial charge < -0.3 is 14.8 Å². The lowest BCUT2D eigenvalue weighted by Gasteiger charge is -2.27. The van der Waals surface area contributed by atoms with Gasteiger partial charge in [-0.1, -0.05) is 68.8 Å². The Labute approximate surface area is 216 Å². The van der Waals surface area contributed by atoms with Gasteiger partial charge in [0.05, 0.1) is 16.7 Å². The molecule has 0 spiro atoms. The van der Waals surface area contributed by atoms with E-state index < -0.39 is 0 Å². The molecule has 0 saturated heterocycles. The largest absolute Gasteiger partial charge is 0.365 e. The first-order valence-corrected chi connectivity index (χ1v) is 13.2. The van der Waals surface area contributed by atoms with Crippen LogP contribution in [0.2, 0.25) is 0 Å². The van der Waals surface area contributed by atoms with Crippen molar-refractivity contribution in [3.63, 3.8) is 0 Å². The molecule has 0 bridgehead atoms. The molecule has 5 rings (SSSR count). The van der Waals surface area contributed by atoms with E-state index in [1.165, 1.54) is 51.9 Å². The number of para-hydroxylation sites is 1. The van der Waals surface area contributed by atoms with Crippen molar-refractivity contribution in [1.29, 1.82) is 0 Å². The number of aryl methyl sites for hydroxylation is 4. The van der Waals surface area contributed by atoms with E-state index >= 15 is 0 Å². The minimum absolute atomic E-state index is 0.171. The quantitative estimate of drug-likeness (QED) is 0.291. The molecule has 1 aliphatic carbocycles. The number of hydrogen-bond donors (Lipinski definition) is 1. The van der Waals surface area contributed by atoms with E-state index in [2.05, 4.69) is 118 Å². The standard InChI is InChI=1S/C32H40N4/c1-21-17-22(2)29(23(3)18-21)34-31-33-27-9-8-10-28(30(27)35(31)7)36(19-24-11-12-24)20-25-13-15-26(16-14-25)32(4,5)6/h8-10,13-18,24H,11-12,19-20H2,1-7H3,(H,33,34). The van der Waals surface area contributed by atoms with Crippen LogP contribution in [0, 0.1) is 26.7 Å². The molecule has 1 heterocycles. The van der Waals surface area contributed by atoms with E-state index in [1.54, 1.807) is 0 Å². The van der Waals surface area contributed by atoms with Crippen LogP contribution in [0.4, 0.5) is 17.3 Å². The van der Waals surface area contributed by atoms with Gasteiger partial charge in [-0.05, 0) is 79.3 Å². The first kappa shape index (κ1) is 24.4. The van der Waals surface area contributed by atoms with Crippen molar-refractivity contribution < 1.29 is 0 Å². The Balaban J connectivity index is 1.50. The fourth-order valence-electron chi connectivity index (χ4n) is 5.30. The highest BCUT2D eigenvalue weighted by molar-refractivity contribution is 5.91. The summed E-state index contributed by atoms with van der Waals surface area (Å²) in [5.74, 6) is 1.67. The third-order valence-corrected chi connectivity index (χ3v) is 7.50. The number of fused-ring (bicyclic) bond motifs is 1. The second-order valence-electron chi connectivity index (χ2n) is 11.8. The summed E-state index contributed by atoms with van der Waals surface area (Å²) in [7, 11) is 2.13. The Morgan fingerprint density at radius 2 is 1.64 bits per heavy atom. The zero-order chi connectivity index (χ0) is 25.6. The third kappa shape index (κ3) is 5.00. The van der Waals surface area contributed by atoms with E-state index in [4.69, 9.17) is 4.98 Å². The zero-order valence-corrected chi connectivity index (χ0v) is 22.9. The lowest BCUT2D eigenvalue weighted by molar-refractivity contribution is 0.590. The second kappa shape index (κ2) is 9.31. The van der Waals surface area contributed by atoms with Crippen LogP contribution in [-0.2, 0) is 19.0 Å². The van der Waals surface area contributed by atoms with Crippen molar-refractivity contribution in [3.05, 3.63) is 82.4 Å². The maximum Gasteiger partial charge on any atom is 0.208 e. The smallest absolute Gasteiger partial charge is 0.208 e. The van der Waals surface area contributed by atoms with Gasteiger partial charge in [0, 0.05) is 25.8 Å². The van der Waals surface area contributed by atoms with Crippen molar-refractivity contribution in [2.75, 3.05) is 16.8 Å². The van der Waals surface area contributed by atoms with Gasteiger partial charge in [-0.2, -0.15) is 0 Å². The highest BCUT2D eigenvalue weighted by atomic mass is 15.2. The van der Waals surface area contributed by atoms with E-state index in [9.17, 15) is 0 Å². The number of rotatable bonds is 7. The van der Waals surface area contributed by atoms with Crippen LogP contribution in [0.3, 0.4) is 0 Å². The maximum atomic E-state index is 5.02. The number of nitrogens with zero attached hydrogens (tertiary/aromatic N) is 3. The molecule has 188 valence electrons. The Morgan fingerprint density at radius 3 is 2.25 bits per heavy atom. The van der Waals surface area contributed by atoms with E-state index in [0.29, 0.717) is 0 Å². The highest BCUT2D eigenvalue weighted by Crippen LogP contribution is 2.36. The summed E-state index contributed by atoms with van der Waals surface area (Å²) >= 11 is 0. The molecule has 1 N–H and O–H groups in total. The predicted octanol–water partition coefficient (Wildman–Crippen LogP) is 7.96. The molecule has 4 nitrogen and oxygen atoms in total. The third-order valence-electron chi connectivity index (χ3n) is 7.50. The molecule has 1 aliphatic rings. The molecule has 3 aromatic carbocycles. The predicted molar refractivity (Wildman–Crippen MR) is 154 cm³/mol. The lowest BCUT2D eigenvalue weighted by Crippen LogP contribution is -2.26. The van der Waals surface area contributed by atoms with Gasteiger partial charge >= 0.3 is 0 Å². The van der Waals surface area contributed by atoms with E-state index in [1.807, 2.05) is 0 Å². The van der Waals surface area contributed by atoms with Gasteiger partial charge in [-0.15, -0.1) is 0 Å². The average Bonchev–Trinajstić information content (AvgIpc) is 3.57. The van der Waals surface area contributed by atoms with Gasteiger partial charge in [0.1, 0.15) is 0 Å². The molecular weight excluding hydrogens is 440 g/mol. The van der Waals surface area contributed by atoms with Crippen LogP contribution in [0.15, 0.2) is 54.6 Å². The van der Waals surface area contributed by atoms with Gasteiger partial charge in [-0.25, -0.2) is 4.98 Å².